The van der Waals surface area contributed by atoms with Gasteiger partial charge in [0.25, 0.3) is 0 Å². The van der Waals surface area contributed by atoms with Crippen LogP contribution in [0.1, 0.15) is 37.7 Å². The van der Waals surface area contributed by atoms with Gasteiger partial charge in [0.05, 0.1) is 31.1 Å². The van der Waals surface area contributed by atoms with E-state index in [1.807, 2.05) is 24.4 Å². The Kier molecular flexibility index (Phi) is 4.70. The van der Waals surface area contributed by atoms with Crippen molar-refractivity contribution in [2.75, 3.05) is 17.6 Å². The summed E-state index contributed by atoms with van der Waals surface area (Å²) < 4.78 is 46.8. The third kappa shape index (κ3) is 3.65. The third-order valence-electron chi connectivity index (χ3n) is 5.98. The first-order valence-corrected chi connectivity index (χ1v) is 11.7. The first kappa shape index (κ1) is 19.4. The van der Waals surface area contributed by atoms with Crippen molar-refractivity contribution in [1.82, 2.24) is 14.9 Å². The van der Waals surface area contributed by atoms with E-state index in [9.17, 15) is 8.42 Å². The molecule has 1 N–H and O–H groups in total. The second-order valence-electron chi connectivity index (χ2n) is 8.10. The van der Waals surface area contributed by atoms with Crippen LogP contribution in [0.4, 0.5) is 5.82 Å². The van der Waals surface area contributed by atoms with E-state index in [1.54, 1.807) is 10.9 Å². The van der Waals surface area contributed by atoms with E-state index in [1.165, 1.54) is 7.11 Å². The summed E-state index contributed by atoms with van der Waals surface area (Å²) in [6.45, 7) is 0.530. The van der Waals surface area contributed by atoms with Crippen LogP contribution in [0.25, 0.3) is 11.0 Å². The summed E-state index contributed by atoms with van der Waals surface area (Å²) in [6, 6.07) is 5.49. The van der Waals surface area contributed by atoms with E-state index in [-0.39, 0.29) is 23.3 Å². The highest BCUT2D eigenvalue weighted by Crippen LogP contribution is 2.45. The summed E-state index contributed by atoms with van der Waals surface area (Å²) in [4.78, 5) is 0. The maximum Gasteiger partial charge on any atom is 0.236 e. The van der Waals surface area contributed by atoms with E-state index < -0.39 is 10.0 Å². The summed E-state index contributed by atoms with van der Waals surface area (Å²) in [6.07, 6.45) is 8.20. The van der Waals surface area contributed by atoms with Crippen molar-refractivity contribution in [1.29, 1.82) is 0 Å². The predicted octanol–water partition coefficient (Wildman–Crippen LogP) is 2.92. The number of hydrogen-bond donors (Lipinski definition) is 1. The molecule has 1 atom stereocenters. The molecular weight excluding hydrogens is 408 g/mol. The van der Waals surface area contributed by atoms with Crippen LogP contribution in [0.3, 0.4) is 0 Å². The number of sulfonamides is 1. The molecule has 3 aromatic rings. The minimum atomic E-state index is -3.66. The van der Waals surface area contributed by atoms with Crippen molar-refractivity contribution in [3.63, 3.8) is 0 Å². The maximum atomic E-state index is 12.8. The van der Waals surface area contributed by atoms with Crippen LogP contribution in [-0.2, 0) is 21.3 Å². The number of nitrogens with one attached hydrogen (secondary N) is 1. The van der Waals surface area contributed by atoms with Crippen molar-refractivity contribution in [2.24, 2.45) is 0 Å². The SMILES string of the molecule is COc1cc(Cn2cccn2)cc2onc(NS(=O)(=O)CC3CCC4(CCC4)O3)c12. The van der Waals surface area contributed by atoms with Gasteiger partial charge in [0.1, 0.15) is 11.1 Å². The molecule has 0 bridgehead atoms. The molecule has 2 aliphatic rings. The molecule has 10 heteroatoms. The Morgan fingerprint density at radius 3 is 2.87 bits per heavy atom. The molecule has 1 spiro atoms. The normalized spacial score (nSPS) is 20.5. The zero-order valence-electron chi connectivity index (χ0n) is 16.7. The first-order chi connectivity index (χ1) is 14.5. The van der Waals surface area contributed by atoms with Crippen molar-refractivity contribution < 1.29 is 22.4 Å². The van der Waals surface area contributed by atoms with E-state index in [4.69, 9.17) is 14.0 Å². The highest BCUT2D eigenvalue weighted by atomic mass is 32.2. The molecule has 1 unspecified atom stereocenters. The second-order valence-corrected chi connectivity index (χ2v) is 9.87. The Bertz CT molecular complexity index is 1150. The number of aromatic nitrogens is 3. The number of ether oxygens (including phenoxy) is 2. The molecule has 1 saturated carbocycles. The zero-order chi connectivity index (χ0) is 20.8. The van der Waals surface area contributed by atoms with Crippen molar-refractivity contribution in [2.45, 2.75) is 50.4 Å². The number of benzene rings is 1. The van der Waals surface area contributed by atoms with Crippen LogP contribution < -0.4 is 9.46 Å². The van der Waals surface area contributed by atoms with Gasteiger partial charge in [-0.25, -0.2) is 8.42 Å². The lowest BCUT2D eigenvalue weighted by Gasteiger charge is -2.37. The number of anilines is 1. The topological polar surface area (TPSA) is 108 Å². The largest absolute Gasteiger partial charge is 0.496 e. The number of nitrogens with zero attached hydrogens (tertiary/aromatic N) is 3. The molecule has 30 heavy (non-hydrogen) atoms. The van der Waals surface area contributed by atoms with Crippen LogP contribution in [0.2, 0.25) is 0 Å². The van der Waals surface area contributed by atoms with E-state index in [2.05, 4.69) is 15.0 Å². The van der Waals surface area contributed by atoms with Crippen molar-refractivity contribution in [3.05, 3.63) is 36.2 Å². The third-order valence-corrected chi connectivity index (χ3v) is 7.30. The Hall–Kier alpha value is -2.59. The van der Waals surface area contributed by atoms with Gasteiger partial charge in [-0.3, -0.25) is 9.40 Å². The summed E-state index contributed by atoms with van der Waals surface area (Å²) in [7, 11) is -2.13. The predicted molar refractivity (Wildman–Crippen MR) is 110 cm³/mol. The van der Waals surface area contributed by atoms with Gasteiger partial charge in [-0.2, -0.15) is 5.10 Å². The average molecular weight is 433 g/mol. The molecule has 1 aliphatic heterocycles. The Labute approximate surface area is 174 Å². The first-order valence-electron chi connectivity index (χ1n) is 10.1. The smallest absolute Gasteiger partial charge is 0.236 e. The van der Waals surface area contributed by atoms with Crippen LogP contribution >= 0.6 is 0 Å². The van der Waals surface area contributed by atoms with Gasteiger partial charge >= 0.3 is 0 Å². The Balaban J connectivity index is 1.36. The molecule has 1 aromatic carbocycles. The molecule has 160 valence electrons. The van der Waals surface area contributed by atoms with E-state index in [0.29, 0.717) is 23.3 Å². The number of rotatable bonds is 7. The molecular formula is C20H24N4O5S. The van der Waals surface area contributed by atoms with Crippen molar-refractivity contribution in [3.8, 4) is 5.75 Å². The number of fused-ring (bicyclic) bond motifs is 1. The molecule has 1 saturated heterocycles. The minimum Gasteiger partial charge on any atom is -0.496 e. The highest BCUT2D eigenvalue weighted by Gasteiger charge is 2.45. The van der Waals surface area contributed by atoms with Crippen molar-refractivity contribution >= 4 is 26.8 Å². The highest BCUT2D eigenvalue weighted by molar-refractivity contribution is 7.92. The van der Waals surface area contributed by atoms with Gasteiger partial charge in [-0.1, -0.05) is 5.16 Å². The van der Waals surface area contributed by atoms with Crippen LogP contribution in [0.15, 0.2) is 35.1 Å². The minimum absolute atomic E-state index is 0.0744. The molecule has 0 radical (unpaired) electrons. The van der Waals surface area contributed by atoms with E-state index >= 15 is 0 Å². The lowest BCUT2D eigenvalue weighted by molar-refractivity contribution is -0.0841. The fourth-order valence-electron chi connectivity index (χ4n) is 4.38. The molecule has 3 heterocycles. The number of methoxy groups -OCH3 is 1. The number of hydrogen-bond acceptors (Lipinski definition) is 7. The van der Waals surface area contributed by atoms with Crippen LogP contribution in [0, 0.1) is 0 Å². The van der Waals surface area contributed by atoms with E-state index in [0.717, 1.165) is 37.7 Å². The summed E-state index contributed by atoms with van der Waals surface area (Å²) in [5.74, 6) is 0.519. The van der Waals surface area contributed by atoms with Gasteiger partial charge in [-0.15, -0.1) is 0 Å². The Morgan fingerprint density at radius 2 is 2.20 bits per heavy atom. The van der Waals surface area contributed by atoms with Gasteiger partial charge in [0.15, 0.2) is 11.4 Å². The molecule has 0 amide bonds. The van der Waals surface area contributed by atoms with Crippen LogP contribution in [-0.4, -0.2) is 47.9 Å². The lowest BCUT2D eigenvalue weighted by Crippen LogP contribution is -2.38. The van der Waals surface area contributed by atoms with Gasteiger partial charge < -0.3 is 14.0 Å². The summed E-state index contributed by atoms with van der Waals surface area (Å²) >= 11 is 0. The monoisotopic (exact) mass is 432 g/mol. The Morgan fingerprint density at radius 1 is 1.33 bits per heavy atom. The molecule has 5 rings (SSSR count). The fourth-order valence-corrected chi connectivity index (χ4v) is 5.62. The summed E-state index contributed by atoms with van der Waals surface area (Å²) in [5, 5.41) is 8.64. The van der Waals surface area contributed by atoms with Gasteiger partial charge in [0, 0.05) is 12.4 Å². The standard InChI is InChI=1S/C20H24N4O5S/c1-27-16-10-14(12-24-9-3-8-21-24)11-17-18(16)19(22-29-17)23-30(25,26)13-15-4-7-20(28-15)5-2-6-20/h3,8-11,15H,2,4-7,12-13H2,1H3,(H,22,23). The fraction of sp³-hybridized carbons (Fsp3) is 0.500. The lowest BCUT2D eigenvalue weighted by atomic mass is 9.78. The quantitative estimate of drug-likeness (QED) is 0.611. The molecule has 1 aliphatic carbocycles. The average Bonchev–Trinajstić information content (AvgIpc) is 3.41. The molecule has 9 nitrogen and oxygen atoms in total. The van der Waals surface area contributed by atoms with Gasteiger partial charge in [-0.05, 0) is 55.9 Å². The maximum absolute atomic E-state index is 12.8. The zero-order valence-corrected chi connectivity index (χ0v) is 17.5. The molecule has 2 fully saturated rings. The van der Waals surface area contributed by atoms with Crippen LogP contribution in [0.5, 0.6) is 5.75 Å². The molecule has 2 aromatic heterocycles. The second kappa shape index (κ2) is 7.28. The van der Waals surface area contributed by atoms with Gasteiger partial charge in [0.2, 0.25) is 10.0 Å². The summed E-state index contributed by atoms with van der Waals surface area (Å²) in [5.41, 5.74) is 1.27.